The first-order valence-electron chi connectivity index (χ1n) is 12.4. The smallest absolute Gasteiger partial charge is 0.337 e. The molecule has 0 saturated carbocycles. The van der Waals surface area contributed by atoms with Crippen LogP contribution in [-0.4, -0.2) is 65.4 Å². The number of hydrogen-bond acceptors (Lipinski definition) is 10. The molecule has 0 bridgehead atoms. The summed E-state index contributed by atoms with van der Waals surface area (Å²) < 4.78 is 25.2. The Morgan fingerprint density at radius 1 is 0.575 bits per heavy atom. The molecular weight excluding hydrogens is 520 g/mol. The Morgan fingerprint density at radius 2 is 1.02 bits per heavy atom. The highest BCUT2D eigenvalue weighted by Gasteiger charge is 2.52. The van der Waals surface area contributed by atoms with Gasteiger partial charge in [-0.15, -0.1) is 0 Å². The van der Waals surface area contributed by atoms with Crippen LogP contribution in [0.2, 0.25) is 0 Å². The Hall–Kier alpha value is -4.47. The third-order valence-electron chi connectivity index (χ3n) is 7.27. The summed E-state index contributed by atoms with van der Waals surface area (Å²) in [5.41, 5.74) is -1.22. The van der Waals surface area contributed by atoms with Crippen molar-refractivity contribution in [2.24, 2.45) is 10.8 Å². The SMILES string of the molecule is COC(=O)c1ccc(/C2=C/CC(C(=O)OC)(C(=O)OC)Cc3ccccc3CC(C(=O)OC)(C(=O)OC)C2)cc1. The molecule has 0 saturated heterocycles. The number of esters is 5. The van der Waals surface area contributed by atoms with Crippen molar-refractivity contribution in [3.8, 4) is 0 Å². The van der Waals surface area contributed by atoms with E-state index in [9.17, 15) is 24.0 Å². The second-order valence-electron chi connectivity index (χ2n) is 9.43. The number of hydrogen-bond donors (Lipinski definition) is 0. The second kappa shape index (κ2) is 12.6. The van der Waals surface area contributed by atoms with E-state index in [1.807, 2.05) is 0 Å². The van der Waals surface area contributed by atoms with Gasteiger partial charge in [0, 0.05) is 0 Å². The van der Waals surface area contributed by atoms with E-state index in [2.05, 4.69) is 0 Å². The Kier molecular flexibility index (Phi) is 9.47. The molecule has 0 spiro atoms. The topological polar surface area (TPSA) is 132 Å². The molecule has 0 N–H and O–H groups in total. The first kappa shape index (κ1) is 30.1. The van der Waals surface area contributed by atoms with Gasteiger partial charge in [-0.3, -0.25) is 19.2 Å². The van der Waals surface area contributed by atoms with Crippen molar-refractivity contribution < 1.29 is 47.7 Å². The van der Waals surface area contributed by atoms with Gasteiger partial charge in [0.1, 0.15) is 0 Å². The number of fused-ring (bicyclic) bond motifs is 1. The quantitative estimate of drug-likeness (QED) is 0.299. The number of rotatable bonds is 6. The lowest BCUT2D eigenvalue weighted by atomic mass is 9.69. The minimum Gasteiger partial charge on any atom is -0.468 e. The molecule has 0 heterocycles. The van der Waals surface area contributed by atoms with Crippen LogP contribution in [-0.2, 0) is 55.7 Å². The van der Waals surface area contributed by atoms with Gasteiger partial charge in [0.15, 0.2) is 10.8 Å². The summed E-state index contributed by atoms with van der Waals surface area (Å²) in [4.78, 5) is 65.3. The largest absolute Gasteiger partial charge is 0.468 e. The Labute approximate surface area is 232 Å². The van der Waals surface area contributed by atoms with E-state index < -0.39 is 40.7 Å². The predicted octanol–water partition coefficient (Wildman–Crippen LogP) is 3.10. The molecule has 1 aliphatic carbocycles. The number of carbonyl (C=O) groups is 5. The zero-order chi connectivity index (χ0) is 29.5. The van der Waals surface area contributed by atoms with Crippen LogP contribution in [0.3, 0.4) is 0 Å². The minimum absolute atomic E-state index is 0.119. The van der Waals surface area contributed by atoms with Crippen molar-refractivity contribution in [2.75, 3.05) is 35.5 Å². The predicted molar refractivity (Wildman–Crippen MR) is 142 cm³/mol. The van der Waals surface area contributed by atoms with Crippen molar-refractivity contribution >= 4 is 35.4 Å². The molecule has 3 rings (SSSR count). The number of allylic oxidation sites excluding steroid dienone is 2. The van der Waals surface area contributed by atoms with Crippen LogP contribution < -0.4 is 0 Å². The van der Waals surface area contributed by atoms with Crippen molar-refractivity contribution in [1.29, 1.82) is 0 Å². The Morgan fingerprint density at radius 3 is 1.48 bits per heavy atom. The summed E-state index contributed by atoms with van der Waals surface area (Å²) >= 11 is 0. The molecule has 10 nitrogen and oxygen atoms in total. The fraction of sp³-hybridized carbons (Fsp3) is 0.367. The van der Waals surface area contributed by atoms with E-state index in [0.717, 1.165) is 0 Å². The van der Waals surface area contributed by atoms with E-state index in [0.29, 0.717) is 22.3 Å². The molecule has 40 heavy (non-hydrogen) atoms. The summed E-state index contributed by atoms with van der Waals surface area (Å²) in [5, 5.41) is 0. The molecule has 1 aliphatic rings. The summed E-state index contributed by atoms with van der Waals surface area (Å²) in [6.07, 6.45) is 0.976. The van der Waals surface area contributed by atoms with Gasteiger partial charge in [-0.25, -0.2) is 4.79 Å². The van der Waals surface area contributed by atoms with Crippen LogP contribution in [0.5, 0.6) is 0 Å². The van der Waals surface area contributed by atoms with Gasteiger partial charge in [-0.1, -0.05) is 42.5 Å². The Balaban J connectivity index is 2.35. The molecule has 0 aliphatic heterocycles. The molecule has 0 aromatic heterocycles. The molecule has 0 fully saturated rings. The van der Waals surface area contributed by atoms with Gasteiger partial charge in [0.25, 0.3) is 0 Å². The van der Waals surface area contributed by atoms with Crippen LogP contribution >= 0.6 is 0 Å². The van der Waals surface area contributed by atoms with E-state index in [1.165, 1.54) is 47.7 Å². The molecular formula is C30H32O10. The highest BCUT2D eigenvalue weighted by atomic mass is 16.6. The molecule has 212 valence electrons. The van der Waals surface area contributed by atoms with Crippen molar-refractivity contribution in [3.63, 3.8) is 0 Å². The van der Waals surface area contributed by atoms with Crippen LogP contribution in [0.25, 0.3) is 5.57 Å². The Bertz CT molecular complexity index is 1290. The zero-order valence-electron chi connectivity index (χ0n) is 23.1. The highest BCUT2D eigenvalue weighted by Crippen LogP contribution is 2.42. The third-order valence-corrected chi connectivity index (χ3v) is 7.27. The average molecular weight is 553 g/mol. The van der Waals surface area contributed by atoms with Crippen molar-refractivity contribution in [2.45, 2.75) is 25.7 Å². The van der Waals surface area contributed by atoms with Crippen molar-refractivity contribution in [1.82, 2.24) is 0 Å². The van der Waals surface area contributed by atoms with Crippen LogP contribution in [0.1, 0.15) is 39.9 Å². The standard InChI is InChI=1S/C30H32O10/c1-36-24(31)20-12-10-19(11-13-20)23-14-15-29(25(32)37-2,26(33)38-3)16-21-8-6-7-9-22(21)17-30(18-23,27(34)39-4)28(35)40-5/h6-14H,15-18H2,1-5H3/b23-14+. The summed E-state index contributed by atoms with van der Waals surface area (Å²) in [5.74, 6) is -3.74. The van der Waals surface area contributed by atoms with Gasteiger partial charge in [-0.2, -0.15) is 0 Å². The first-order chi connectivity index (χ1) is 19.1. The average Bonchev–Trinajstić information content (AvgIpc) is 3.00. The molecule has 0 amide bonds. The molecule has 0 unspecified atom stereocenters. The van der Waals surface area contributed by atoms with Crippen molar-refractivity contribution in [3.05, 3.63) is 76.9 Å². The molecule has 0 radical (unpaired) electrons. The maximum Gasteiger partial charge on any atom is 0.337 e. The molecule has 2 aromatic rings. The lowest BCUT2D eigenvalue weighted by Crippen LogP contribution is -2.46. The third kappa shape index (κ3) is 5.61. The highest BCUT2D eigenvalue weighted by molar-refractivity contribution is 6.03. The van der Waals surface area contributed by atoms with Gasteiger partial charge >= 0.3 is 29.8 Å². The van der Waals surface area contributed by atoms with Gasteiger partial charge < -0.3 is 23.7 Å². The van der Waals surface area contributed by atoms with Crippen LogP contribution in [0, 0.1) is 10.8 Å². The molecule has 10 heteroatoms. The molecule has 2 aromatic carbocycles. The van der Waals surface area contributed by atoms with Gasteiger partial charge in [-0.05, 0) is 60.1 Å². The number of ether oxygens (including phenoxy) is 5. The summed E-state index contributed by atoms with van der Waals surface area (Å²) in [7, 11) is 6.01. The number of methoxy groups -OCH3 is 5. The maximum atomic E-state index is 13.4. The maximum absolute atomic E-state index is 13.4. The normalized spacial score (nSPS) is 17.1. The summed E-state index contributed by atoms with van der Waals surface area (Å²) in [6.45, 7) is 0. The fourth-order valence-electron chi connectivity index (χ4n) is 5.09. The lowest BCUT2D eigenvalue weighted by molar-refractivity contribution is -0.171. The van der Waals surface area contributed by atoms with Gasteiger partial charge in [0.2, 0.25) is 0 Å². The number of carbonyl (C=O) groups excluding carboxylic acids is 5. The summed E-state index contributed by atoms with van der Waals surface area (Å²) in [6, 6.07) is 13.2. The first-order valence-corrected chi connectivity index (χ1v) is 12.4. The van der Waals surface area contributed by atoms with Crippen LogP contribution in [0.15, 0.2) is 54.6 Å². The monoisotopic (exact) mass is 552 g/mol. The minimum atomic E-state index is -1.80. The van der Waals surface area contributed by atoms with E-state index in [4.69, 9.17) is 23.7 Å². The second-order valence-corrected chi connectivity index (χ2v) is 9.43. The zero-order valence-corrected chi connectivity index (χ0v) is 23.1. The van der Waals surface area contributed by atoms with E-state index >= 15 is 0 Å². The van der Waals surface area contributed by atoms with Gasteiger partial charge in [0.05, 0.1) is 41.1 Å². The number of benzene rings is 2. The van der Waals surface area contributed by atoms with Crippen LogP contribution in [0.4, 0.5) is 0 Å². The fourth-order valence-corrected chi connectivity index (χ4v) is 5.09. The molecule has 0 atom stereocenters. The van der Waals surface area contributed by atoms with E-state index in [1.54, 1.807) is 42.5 Å². The lowest BCUT2D eigenvalue weighted by Gasteiger charge is -2.34. The van der Waals surface area contributed by atoms with E-state index in [-0.39, 0.29) is 31.2 Å².